The lowest BCUT2D eigenvalue weighted by atomic mass is 10.1. The van der Waals surface area contributed by atoms with E-state index in [9.17, 15) is 4.79 Å². The molecule has 0 aliphatic heterocycles. The smallest absolute Gasteiger partial charge is 0.175 e. The van der Waals surface area contributed by atoms with Gasteiger partial charge in [0.2, 0.25) is 0 Å². The number of rotatable bonds is 4. The minimum atomic E-state index is -0.0767. The number of ketones is 1. The topological polar surface area (TPSA) is 89.6 Å². The van der Waals surface area contributed by atoms with Crippen molar-refractivity contribution in [3.63, 3.8) is 0 Å². The average Bonchev–Trinajstić information content (AvgIpc) is 2.86. The zero-order valence-electron chi connectivity index (χ0n) is 8.97. The van der Waals surface area contributed by atoms with Crippen molar-refractivity contribution < 1.29 is 4.79 Å². The van der Waals surface area contributed by atoms with Crippen LogP contribution < -0.4 is 5.73 Å². The lowest BCUT2D eigenvalue weighted by molar-refractivity contribution is 0.0990. The van der Waals surface area contributed by atoms with Crippen LogP contribution >= 0.6 is 0 Å². The highest BCUT2D eigenvalue weighted by molar-refractivity contribution is 6.00. The molecule has 0 radical (unpaired) electrons. The molecule has 0 fully saturated rings. The molecule has 2 aromatic rings. The molecule has 0 bridgehead atoms. The van der Waals surface area contributed by atoms with Gasteiger partial charge < -0.3 is 10.3 Å². The molecule has 0 aromatic carbocycles. The molecule has 0 aliphatic rings. The van der Waals surface area contributed by atoms with E-state index in [0.717, 1.165) is 12.4 Å². The lowest BCUT2D eigenvalue weighted by Gasteiger charge is -2.03. The van der Waals surface area contributed by atoms with Gasteiger partial charge in [-0.1, -0.05) is 0 Å². The molecule has 0 saturated heterocycles. The van der Waals surface area contributed by atoms with E-state index in [1.807, 2.05) is 17.7 Å². The Labute approximate surface area is 92.5 Å². The van der Waals surface area contributed by atoms with Crippen molar-refractivity contribution in [1.29, 1.82) is 0 Å². The molecule has 0 atom stereocenters. The van der Waals surface area contributed by atoms with Gasteiger partial charge in [-0.2, -0.15) is 5.10 Å². The highest BCUT2D eigenvalue weighted by Gasteiger charge is 2.14. The van der Waals surface area contributed by atoms with E-state index < -0.39 is 0 Å². The highest BCUT2D eigenvalue weighted by atomic mass is 16.1. The van der Waals surface area contributed by atoms with Gasteiger partial charge in [-0.05, 0) is 6.92 Å². The molecule has 6 nitrogen and oxygen atoms in total. The Morgan fingerprint density at radius 1 is 1.62 bits per heavy atom. The fourth-order valence-corrected chi connectivity index (χ4v) is 1.55. The number of aromatic amines is 1. The Bertz CT molecular complexity index is 499. The van der Waals surface area contributed by atoms with Crippen molar-refractivity contribution in [2.75, 3.05) is 5.73 Å². The van der Waals surface area contributed by atoms with Crippen molar-refractivity contribution in [2.24, 2.45) is 0 Å². The molecule has 0 aliphatic carbocycles. The SMILES string of the molecule is CCn1ccnc1CC(=O)c1cn[nH]c1N. The average molecular weight is 219 g/mol. The van der Waals surface area contributed by atoms with Crippen molar-refractivity contribution in [3.05, 3.63) is 30.0 Å². The first-order valence-electron chi connectivity index (χ1n) is 5.04. The fraction of sp³-hybridized carbons (Fsp3) is 0.300. The van der Waals surface area contributed by atoms with E-state index in [1.165, 1.54) is 6.20 Å². The molecule has 84 valence electrons. The second kappa shape index (κ2) is 4.18. The van der Waals surface area contributed by atoms with Gasteiger partial charge in [-0.15, -0.1) is 0 Å². The first-order chi connectivity index (χ1) is 7.72. The van der Waals surface area contributed by atoms with Crippen molar-refractivity contribution >= 4 is 11.6 Å². The van der Waals surface area contributed by atoms with E-state index in [-0.39, 0.29) is 12.2 Å². The quantitative estimate of drug-likeness (QED) is 0.738. The summed E-state index contributed by atoms with van der Waals surface area (Å²) in [7, 11) is 0. The second-order valence-corrected chi connectivity index (χ2v) is 3.43. The molecule has 0 unspecified atom stereocenters. The molecule has 2 heterocycles. The summed E-state index contributed by atoms with van der Waals surface area (Å²) >= 11 is 0. The molecule has 3 N–H and O–H groups in total. The number of anilines is 1. The third kappa shape index (κ3) is 1.81. The summed E-state index contributed by atoms with van der Waals surface area (Å²) in [4.78, 5) is 16.0. The van der Waals surface area contributed by atoms with Crippen LogP contribution in [0, 0.1) is 0 Å². The van der Waals surface area contributed by atoms with Gasteiger partial charge in [0.25, 0.3) is 0 Å². The largest absolute Gasteiger partial charge is 0.383 e. The fourth-order valence-electron chi connectivity index (χ4n) is 1.55. The third-order valence-electron chi connectivity index (χ3n) is 2.43. The Morgan fingerprint density at radius 3 is 3.06 bits per heavy atom. The number of carbonyl (C=O) groups excluding carboxylic acids is 1. The van der Waals surface area contributed by atoms with Gasteiger partial charge in [0.1, 0.15) is 11.6 Å². The maximum absolute atomic E-state index is 11.9. The molecular formula is C10H13N5O. The van der Waals surface area contributed by atoms with Crippen molar-refractivity contribution in [1.82, 2.24) is 19.7 Å². The van der Waals surface area contributed by atoms with Gasteiger partial charge in [-0.3, -0.25) is 9.89 Å². The molecule has 16 heavy (non-hydrogen) atoms. The molecule has 2 aromatic heterocycles. The summed E-state index contributed by atoms with van der Waals surface area (Å²) in [5, 5.41) is 6.25. The lowest BCUT2D eigenvalue weighted by Crippen LogP contribution is -2.10. The maximum Gasteiger partial charge on any atom is 0.175 e. The highest BCUT2D eigenvalue weighted by Crippen LogP contribution is 2.10. The molecular weight excluding hydrogens is 206 g/mol. The number of H-pyrrole nitrogens is 1. The number of nitrogens with one attached hydrogen (secondary N) is 1. The van der Waals surface area contributed by atoms with Crippen LogP contribution in [0.2, 0.25) is 0 Å². The summed E-state index contributed by atoms with van der Waals surface area (Å²) in [5.41, 5.74) is 6.00. The molecule has 0 spiro atoms. The van der Waals surface area contributed by atoms with Crippen LogP contribution in [0.25, 0.3) is 0 Å². The summed E-state index contributed by atoms with van der Waals surface area (Å²) in [6.45, 7) is 2.80. The Hall–Kier alpha value is -2.11. The predicted molar refractivity (Wildman–Crippen MR) is 58.9 cm³/mol. The maximum atomic E-state index is 11.9. The van der Waals surface area contributed by atoms with E-state index >= 15 is 0 Å². The van der Waals surface area contributed by atoms with Crippen LogP contribution in [0.15, 0.2) is 18.6 Å². The number of aromatic nitrogens is 4. The standard InChI is InChI=1S/C10H13N5O/c1-2-15-4-3-12-9(15)5-8(16)7-6-13-14-10(7)11/h3-4,6H,2,5H2,1H3,(H3,11,13,14). The number of imidazole rings is 1. The number of carbonyl (C=O) groups is 1. The summed E-state index contributed by atoms with van der Waals surface area (Å²) in [6.07, 6.45) is 5.22. The van der Waals surface area contributed by atoms with Crippen LogP contribution in [0.1, 0.15) is 23.1 Å². The summed E-state index contributed by atoms with van der Waals surface area (Å²) < 4.78 is 1.92. The monoisotopic (exact) mass is 219 g/mol. The van der Waals surface area contributed by atoms with Crippen LogP contribution in [-0.2, 0) is 13.0 Å². The predicted octanol–water partition coefficient (Wildman–Crippen LogP) is 0.634. The summed E-state index contributed by atoms with van der Waals surface area (Å²) in [5.74, 6) is 0.972. The first kappa shape index (κ1) is 10.4. The minimum Gasteiger partial charge on any atom is -0.383 e. The third-order valence-corrected chi connectivity index (χ3v) is 2.43. The molecule has 2 rings (SSSR count). The molecule has 0 amide bonds. The van der Waals surface area contributed by atoms with E-state index in [4.69, 9.17) is 5.73 Å². The van der Waals surface area contributed by atoms with Gasteiger partial charge in [0.05, 0.1) is 18.2 Å². The first-order valence-corrected chi connectivity index (χ1v) is 5.04. The zero-order chi connectivity index (χ0) is 11.5. The van der Waals surface area contributed by atoms with Crippen LogP contribution in [0.4, 0.5) is 5.82 Å². The molecule has 6 heteroatoms. The van der Waals surface area contributed by atoms with E-state index in [0.29, 0.717) is 11.4 Å². The van der Waals surface area contributed by atoms with Gasteiger partial charge >= 0.3 is 0 Å². The van der Waals surface area contributed by atoms with Gasteiger partial charge in [0, 0.05) is 18.9 Å². The summed E-state index contributed by atoms with van der Waals surface area (Å²) in [6, 6.07) is 0. The Morgan fingerprint density at radius 2 is 2.44 bits per heavy atom. The van der Waals surface area contributed by atoms with E-state index in [2.05, 4.69) is 15.2 Å². The zero-order valence-corrected chi connectivity index (χ0v) is 8.97. The van der Waals surface area contributed by atoms with E-state index in [1.54, 1.807) is 6.20 Å². The number of aryl methyl sites for hydroxylation is 1. The number of Topliss-reactive ketones (excluding diaryl/α,β-unsaturated/α-hetero) is 1. The van der Waals surface area contributed by atoms with Crippen LogP contribution in [0.3, 0.4) is 0 Å². The number of nitrogens with two attached hydrogens (primary N) is 1. The second-order valence-electron chi connectivity index (χ2n) is 3.43. The van der Waals surface area contributed by atoms with Crippen molar-refractivity contribution in [3.8, 4) is 0 Å². The normalized spacial score (nSPS) is 10.6. The number of hydrogen-bond donors (Lipinski definition) is 2. The van der Waals surface area contributed by atoms with Crippen LogP contribution in [-0.4, -0.2) is 25.5 Å². The number of hydrogen-bond acceptors (Lipinski definition) is 4. The minimum absolute atomic E-state index is 0.0767. The number of nitrogens with zero attached hydrogens (tertiary/aromatic N) is 3. The van der Waals surface area contributed by atoms with Crippen molar-refractivity contribution in [2.45, 2.75) is 19.9 Å². The Kier molecular flexibility index (Phi) is 2.72. The van der Waals surface area contributed by atoms with Crippen LogP contribution in [0.5, 0.6) is 0 Å². The van der Waals surface area contributed by atoms with Gasteiger partial charge in [-0.25, -0.2) is 4.98 Å². The molecule has 0 saturated carbocycles. The van der Waals surface area contributed by atoms with Gasteiger partial charge in [0.15, 0.2) is 5.78 Å². The Balaban J connectivity index is 2.17. The number of nitrogen functional groups attached to an aromatic ring is 1.